The molecule has 0 heterocycles. The summed E-state index contributed by atoms with van der Waals surface area (Å²) in [5.41, 5.74) is 0.563. The van der Waals surface area contributed by atoms with E-state index < -0.39 is 0 Å². The Bertz CT molecular complexity index is 422. The molecule has 2 heteroatoms. The molecule has 4 rings (SSSR count). The minimum atomic E-state index is -0.0640. The number of hydrogen-bond donors (Lipinski definition) is 2. The van der Waals surface area contributed by atoms with Crippen molar-refractivity contribution in [3.8, 4) is 0 Å². The molecule has 4 aliphatic rings. The first-order chi connectivity index (χ1) is 9.97. The molecule has 8 atom stereocenters. The minimum absolute atomic E-state index is 0.0489. The lowest BCUT2D eigenvalue weighted by Gasteiger charge is -2.61. The molecule has 0 aliphatic heterocycles. The summed E-state index contributed by atoms with van der Waals surface area (Å²) in [5, 5.41) is 21.0. The van der Waals surface area contributed by atoms with E-state index in [-0.39, 0.29) is 17.6 Å². The Balaban J connectivity index is 1.65. The van der Waals surface area contributed by atoms with Crippen molar-refractivity contribution in [2.75, 3.05) is 0 Å². The Morgan fingerprint density at radius 3 is 2.24 bits per heavy atom. The summed E-state index contributed by atoms with van der Waals surface area (Å²) < 4.78 is 0. The molecular weight excluding hydrogens is 260 g/mol. The third kappa shape index (κ3) is 1.84. The fourth-order valence-corrected chi connectivity index (χ4v) is 7.35. The van der Waals surface area contributed by atoms with E-state index in [1.807, 2.05) is 0 Å². The van der Waals surface area contributed by atoms with Gasteiger partial charge in [-0.15, -0.1) is 0 Å². The van der Waals surface area contributed by atoms with Crippen LogP contribution >= 0.6 is 0 Å². The molecule has 21 heavy (non-hydrogen) atoms. The van der Waals surface area contributed by atoms with Crippen LogP contribution in [0.5, 0.6) is 0 Å². The van der Waals surface area contributed by atoms with Crippen molar-refractivity contribution < 1.29 is 10.2 Å². The Hall–Kier alpha value is -0.0800. The summed E-state index contributed by atoms with van der Waals surface area (Å²) in [7, 11) is 0. The quantitative estimate of drug-likeness (QED) is 0.714. The maximum Gasteiger partial charge on any atom is 0.0596 e. The van der Waals surface area contributed by atoms with E-state index in [0.717, 1.165) is 30.6 Å². The minimum Gasteiger partial charge on any atom is -0.393 e. The van der Waals surface area contributed by atoms with Gasteiger partial charge in [0, 0.05) is 0 Å². The molecule has 120 valence electrons. The summed E-state index contributed by atoms with van der Waals surface area (Å²) in [5.74, 6) is 2.90. The van der Waals surface area contributed by atoms with Crippen LogP contribution in [0, 0.1) is 34.5 Å². The number of aliphatic hydroxyl groups is 2. The Morgan fingerprint density at radius 2 is 1.43 bits per heavy atom. The zero-order valence-corrected chi connectivity index (χ0v) is 13.7. The largest absolute Gasteiger partial charge is 0.393 e. The zero-order chi connectivity index (χ0) is 14.8. The highest BCUT2D eigenvalue weighted by Gasteiger charge is 2.60. The van der Waals surface area contributed by atoms with E-state index in [4.69, 9.17) is 0 Å². The van der Waals surface area contributed by atoms with Crippen LogP contribution in [0.25, 0.3) is 0 Å². The first-order valence-corrected chi connectivity index (χ1v) is 9.33. The number of hydrogen-bond acceptors (Lipinski definition) is 2. The lowest BCUT2D eigenvalue weighted by Crippen LogP contribution is -2.55. The number of fused-ring (bicyclic) bond motifs is 5. The van der Waals surface area contributed by atoms with Crippen molar-refractivity contribution in [3.63, 3.8) is 0 Å². The Kier molecular flexibility index (Phi) is 3.25. The first-order valence-electron chi connectivity index (χ1n) is 9.33. The zero-order valence-electron chi connectivity index (χ0n) is 13.7. The second kappa shape index (κ2) is 4.71. The predicted molar refractivity (Wildman–Crippen MR) is 83.7 cm³/mol. The fourth-order valence-electron chi connectivity index (χ4n) is 7.35. The summed E-state index contributed by atoms with van der Waals surface area (Å²) in [6, 6.07) is 0. The molecule has 0 amide bonds. The lowest BCUT2D eigenvalue weighted by atomic mass is 9.45. The smallest absolute Gasteiger partial charge is 0.0596 e. The monoisotopic (exact) mass is 292 g/mol. The van der Waals surface area contributed by atoms with Crippen LogP contribution in [-0.2, 0) is 0 Å². The average Bonchev–Trinajstić information content (AvgIpc) is 2.75. The Labute approximate surface area is 129 Å². The molecule has 0 radical (unpaired) electrons. The fraction of sp³-hybridized carbons (Fsp3) is 1.00. The SMILES string of the molecule is C[C@@]12CCC[C@@H](O)[C@@H]1CC[C@@H]1[C@H]2CC[C@]2(C)[C@@H](O)CC[C@@H]12. The predicted octanol–water partition coefficient (Wildman–Crippen LogP) is 3.75. The van der Waals surface area contributed by atoms with Crippen LogP contribution in [0.4, 0.5) is 0 Å². The summed E-state index contributed by atoms with van der Waals surface area (Å²) in [4.78, 5) is 0. The molecule has 0 aromatic carbocycles. The van der Waals surface area contributed by atoms with E-state index >= 15 is 0 Å². The van der Waals surface area contributed by atoms with Crippen LogP contribution in [0.15, 0.2) is 0 Å². The van der Waals surface area contributed by atoms with Gasteiger partial charge in [0.15, 0.2) is 0 Å². The van der Waals surface area contributed by atoms with E-state index in [1.54, 1.807) is 0 Å². The molecule has 0 aromatic rings. The van der Waals surface area contributed by atoms with Gasteiger partial charge in [-0.2, -0.15) is 0 Å². The highest BCUT2D eigenvalue weighted by molar-refractivity contribution is 5.09. The van der Waals surface area contributed by atoms with Crippen molar-refractivity contribution in [3.05, 3.63) is 0 Å². The van der Waals surface area contributed by atoms with Gasteiger partial charge in [-0.3, -0.25) is 0 Å². The van der Waals surface area contributed by atoms with Crippen LogP contribution < -0.4 is 0 Å². The lowest BCUT2D eigenvalue weighted by molar-refractivity contribution is -0.149. The second-order valence-electron chi connectivity index (χ2n) is 9.16. The first kappa shape index (κ1) is 14.5. The van der Waals surface area contributed by atoms with Crippen molar-refractivity contribution in [2.45, 2.75) is 83.8 Å². The van der Waals surface area contributed by atoms with Gasteiger partial charge >= 0.3 is 0 Å². The molecule has 2 nitrogen and oxygen atoms in total. The molecule has 0 unspecified atom stereocenters. The van der Waals surface area contributed by atoms with Crippen molar-refractivity contribution in [1.82, 2.24) is 0 Å². The molecular formula is C19H32O2. The molecule has 4 aliphatic carbocycles. The van der Waals surface area contributed by atoms with Crippen molar-refractivity contribution in [2.24, 2.45) is 34.5 Å². The van der Waals surface area contributed by atoms with Gasteiger partial charge < -0.3 is 10.2 Å². The molecule has 4 saturated carbocycles. The summed E-state index contributed by atoms with van der Waals surface area (Å²) >= 11 is 0. The highest BCUT2D eigenvalue weighted by Crippen LogP contribution is 2.66. The van der Waals surface area contributed by atoms with Gasteiger partial charge in [-0.25, -0.2) is 0 Å². The van der Waals surface area contributed by atoms with Gasteiger partial charge in [0.05, 0.1) is 12.2 Å². The molecule has 0 saturated heterocycles. The van der Waals surface area contributed by atoms with Crippen LogP contribution in [0.2, 0.25) is 0 Å². The molecule has 4 fully saturated rings. The van der Waals surface area contributed by atoms with E-state index in [1.165, 1.54) is 44.9 Å². The summed E-state index contributed by atoms with van der Waals surface area (Å²) in [6.45, 7) is 4.85. The average molecular weight is 292 g/mol. The molecule has 0 spiro atoms. The van der Waals surface area contributed by atoms with Gasteiger partial charge in [-0.05, 0) is 85.9 Å². The van der Waals surface area contributed by atoms with Gasteiger partial charge in [0.1, 0.15) is 0 Å². The normalized spacial score (nSPS) is 60.0. The molecule has 0 aromatic heterocycles. The Morgan fingerprint density at radius 1 is 0.714 bits per heavy atom. The molecule has 2 N–H and O–H groups in total. The maximum atomic E-state index is 10.5. The van der Waals surface area contributed by atoms with Crippen LogP contribution in [0.3, 0.4) is 0 Å². The summed E-state index contributed by atoms with van der Waals surface area (Å²) in [6.07, 6.45) is 10.7. The van der Waals surface area contributed by atoms with E-state index in [9.17, 15) is 10.2 Å². The van der Waals surface area contributed by atoms with Gasteiger partial charge in [0.25, 0.3) is 0 Å². The number of aliphatic hydroxyl groups excluding tert-OH is 2. The van der Waals surface area contributed by atoms with Gasteiger partial charge in [0.2, 0.25) is 0 Å². The highest BCUT2D eigenvalue weighted by atomic mass is 16.3. The maximum absolute atomic E-state index is 10.5. The second-order valence-corrected chi connectivity index (χ2v) is 9.16. The van der Waals surface area contributed by atoms with Crippen molar-refractivity contribution in [1.29, 1.82) is 0 Å². The van der Waals surface area contributed by atoms with E-state index in [0.29, 0.717) is 11.3 Å². The molecule has 0 bridgehead atoms. The van der Waals surface area contributed by atoms with Crippen molar-refractivity contribution >= 4 is 0 Å². The topological polar surface area (TPSA) is 40.5 Å². The third-order valence-corrected chi connectivity index (χ3v) is 8.57. The number of rotatable bonds is 0. The van der Waals surface area contributed by atoms with Crippen LogP contribution in [0.1, 0.15) is 71.6 Å². The van der Waals surface area contributed by atoms with Gasteiger partial charge in [-0.1, -0.05) is 20.3 Å². The van der Waals surface area contributed by atoms with E-state index in [2.05, 4.69) is 13.8 Å². The standard InChI is InChI=1S/C19H32O2/c1-18-10-3-4-16(20)15(18)6-5-12-13-7-8-17(21)19(13,2)11-9-14(12)18/h12-17,20-21H,3-11H2,1-2H3/t12-,13-,14+,15-,16+,17-,18-,19-/m0/s1. The third-order valence-electron chi connectivity index (χ3n) is 8.57. The van der Waals surface area contributed by atoms with Crippen LogP contribution in [-0.4, -0.2) is 22.4 Å².